The van der Waals surface area contributed by atoms with Crippen molar-refractivity contribution in [2.75, 3.05) is 6.61 Å². The van der Waals surface area contributed by atoms with Crippen LogP contribution < -0.4 is 5.32 Å². The molecular formula is C19H27N3O3S. The molecule has 142 valence electrons. The lowest BCUT2D eigenvalue weighted by Crippen LogP contribution is -2.36. The second kappa shape index (κ2) is 9.64. The molecule has 2 N–H and O–H groups in total. The number of carbonyl (C=O) groups is 1. The molecule has 26 heavy (non-hydrogen) atoms. The summed E-state index contributed by atoms with van der Waals surface area (Å²) >= 11 is 1.34. The number of rotatable bonds is 9. The number of aromatic nitrogens is 2. The first-order valence-corrected chi connectivity index (χ1v) is 9.84. The van der Waals surface area contributed by atoms with Crippen molar-refractivity contribution in [1.29, 1.82) is 0 Å². The minimum absolute atomic E-state index is 0.0693. The maximum Gasteiger partial charge on any atom is 0.263 e. The van der Waals surface area contributed by atoms with Crippen LogP contribution in [-0.4, -0.2) is 33.8 Å². The molecule has 0 saturated carbocycles. The maximum atomic E-state index is 12.4. The third-order valence-electron chi connectivity index (χ3n) is 4.21. The van der Waals surface area contributed by atoms with Crippen LogP contribution in [0.2, 0.25) is 0 Å². The van der Waals surface area contributed by atoms with Gasteiger partial charge in [-0.25, -0.2) is 4.98 Å². The van der Waals surface area contributed by atoms with E-state index in [2.05, 4.69) is 22.4 Å². The van der Waals surface area contributed by atoms with Gasteiger partial charge < -0.3 is 14.9 Å². The minimum Gasteiger partial charge on any atom is -0.394 e. The van der Waals surface area contributed by atoms with Crippen molar-refractivity contribution >= 4 is 29.4 Å². The lowest BCUT2D eigenvalue weighted by Gasteiger charge is -2.12. The van der Waals surface area contributed by atoms with E-state index in [1.54, 1.807) is 0 Å². The van der Waals surface area contributed by atoms with Crippen LogP contribution in [0.15, 0.2) is 4.52 Å². The zero-order valence-corrected chi connectivity index (χ0v) is 16.7. The van der Waals surface area contributed by atoms with Gasteiger partial charge in [0.15, 0.2) is 0 Å². The molecule has 0 radical (unpaired) electrons. The lowest BCUT2D eigenvalue weighted by molar-refractivity contribution is 0.0918. The summed E-state index contributed by atoms with van der Waals surface area (Å²) in [6.07, 6.45) is 7.59. The van der Waals surface area contributed by atoms with Crippen LogP contribution >= 0.6 is 11.3 Å². The molecule has 0 fully saturated rings. The standard InChI is InChI=1S/C19H27N3O3S/c1-5-7-8-16-15(13(4)25-22-16)9-10-17-20-12(3)18(26-17)19(24)21-14(6-2)11-23/h9-10,14,23H,5-8,11H2,1-4H3,(H,21,24)/b10-9+/t14-/m0/s1. The normalized spacial score (nSPS) is 12.7. The minimum atomic E-state index is -0.233. The Hall–Kier alpha value is -1.99. The fourth-order valence-corrected chi connectivity index (χ4v) is 3.42. The van der Waals surface area contributed by atoms with Gasteiger partial charge in [0.1, 0.15) is 15.6 Å². The highest BCUT2D eigenvalue weighted by Crippen LogP contribution is 2.23. The number of aryl methyl sites for hydroxylation is 3. The van der Waals surface area contributed by atoms with Crippen molar-refractivity contribution in [3.63, 3.8) is 0 Å². The molecule has 2 aromatic heterocycles. The third kappa shape index (κ3) is 5.02. The van der Waals surface area contributed by atoms with Gasteiger partial charge in [-0.05, 0) is 45.3 Å². The molecule has 0 aliphatic rings. The summed E-state index contributed by atoms with van der Waals surface area (Å²) < 4.78 is 5.31. The van der Waals surface area contributed by atoms with E-state index in [4.69, 9.17) is 4.52 Å². The highest BCUT2D eigenvalue weighted by molar-refractivity contribution is 7.14. The van der Waals surface area contributed by atoms with Crippen molar-refractivity contribution in [3.05, 3.63) is 32.6 Å². The lowest BCUT2D eigenvalue weighted by atomic mass is 10.1. The number of amides is 1. The quantitative estimate of drug-likeness (QED) is 0.694. The summed E-state index contributed by atoms with van der Waals surface area (Å²) in [7, 11) is 0. The number of thiazole rings is 1. The van der Waals surface area contributed by atoms with Crippen LogP contribution in [0, 0.1) is 13.8 Å². The predicted octanol–water partition coefficient (Wildman–Crippen LogP) is 3.76. The predicted molar refractivity (Wildman–Crippen MR) is 104 cm³/mol. The number of unbranched alkanes of at least 4 members (excludes halogenated alkanes) is 1. The summed E-state index contributed by atoms with van der Waals surface area (Å²) in [6, 6.07) is -0.233. The molecule has 6 nitrogen and oxygen atoms in total. The van der Waals surface area contributed by atoms with E-state index in [0.29, 0.717) is 17.0 Å². The summed E-state index contributed by atoms with van der Waals surface area (Å²) in [5, 5.41) is 17.0. The van der Waals surface area contributed by atoms with Gasteiger partial charge in [-0.2, -0.15) is 0 Å². The average molecular weight is 378 g/mol. The number of nitrogens with one attached hydrogen (secondary N) is 1. The highest BCUT2D eigenvalue weighted by Gasteiger charge is 2.17. The fourth-order valence-electron chi connectivity index (χ4n) is 2.54. The largest absolute Gasteiger partial charge is 0.394 e. The molecule has 0 spiro atoms. The van der Waals surface area contributed by atoms with Gasteiger partial charge in [0.25, 0.3) is 5.91 Å². The van der Waals surface area contributed by atoms with Crippen LogP contribution in [0.25, 0.3) is 12.2 Å². The van der Waals surface area contributed by atoms with Crippen LogP contribution in [0.1, 0.15) is 70.5 Å². The number of hydrogen-bond donors (Lipinski definition) is 2. The van der Waals surface area contributed by atoms with Gasteiger partial charge in [0.2, 0.25) is 0 Å². The Morgan fingerprint density at radius 2 is 2.12 bits per heavy atom. The smallest absolute Gasteiger partial charge is 0.263 e. The Morgan fingerprint density at radius 3 is 2.77 bits per heavy atom. The van der Waals surface area contributed by atoms with E-state index in [9.17, 15) is 9.90 Å². The van der Waals surface area contributed by atoms with E-state index >= 15 is 0 Å². The molecule has 0 unspecified atom stereocenters. The molecular weight excluding hydrogens is 350 g/mol. The SMILES string of the molecule is CCCCc1noc(C)c1/C=C/c1nc(C)c(C(=O)N[C@@H](CC)CO)s1. The van der Waals surface area contributed by atoms with Gasteiger partial charge in [-0.3, -0.25) is 4.79 Å². The number of nitrogens with zero attached hydrogens (tertiary/aromatic N) is 2. The second-order valence-corrected chi connectivity index (χ2v) is 7.29. The van der Waals surface area contributed by atoms with Gasteiger partial charge in [-0.15, -0.1) is 11.3 Å². The molecule has 1 atom stereocenters. The zero-order valence-electron chi connectivity index (χ0n) is 15.8. The molecule has 0 aliphatic heterocycles. The number of carbonyl (C=O) groups excluding carboxylic acids is 1. The number of hydrogen-bond acceptors (Lipinski definition) is 6. The number of aliphatic hydroxyl groups excluding tert-OH is 1. The summed E-state index contributed by atoms with van der Waals surface area (Å²) in [6.45, 7) is 7.72. The topological polar surface area (TPSA) is 88.2 Å². The van der Waals surface area contributed by atoms with Gasteiger partial charge in [0.05, 0.1) is 24.0 Å². The maximum absolute atomic E-state index is 12.4. The van der Waals surface area contributed by atoms with Crippen LogP contribution in [0.5, 0.6) is 0 Å². The Morgan fingerprint density at radius 1 is 1.35 bits per heavy atom. The number of aliphatic hydroxyl groups is 1. The summed E-state index contributed by atoms with van der Waals surface area (Å²) in [4.78, 5) is 17.4. The molecule has 7 heteroatoms. The van der Waals surface area contributed by atoms with Crippen molar-refractivity contribution in [2.45, 2.75) is 59.4 Å². The van der Waals surface area contributed by atoms with E-state index in [-0.39, 0.29) is 18.6 Å². The molecule has 2 rings (SSSR count). The molecule has 0 saturated heterocycles. The Bertz CT molecular complexity index is 760. The first-order chi connectivity index (χ1) is 12.5. The summed E-state index contributed by atoms with van der Waals surface area (Å²) in [5.74, 6) is 0.595. The molecule has 1 amide bonds. The van der Waals surface area contributed by atoms with Crippen molar-refractivity contribution < 1.29 is 14.4 Å². The van der Waals surface area contributed by atoms with E-state index in [1.807, 2.05) is 32.9 Å². The van der Waals surface area contributed by atoms with Crippen LogP contribution in [0.3, 0.4) is 0 Å². The third-order valence-corrected chi connectivity index (χ3v) is 5.33. The second-order valence-electron chi connectivity index (χ2n) is 6.26. The van der Waals surface area contributed by atoms with Crippen molar-refractivity contribution in [1.82, 2.24) is 15.5 Å². The molecule has 0 aromatic carbocycles. The van der Waals surface area contributed by atoms with Crippen molar-refractivity contribution in [3.8, 4) is 0 Å². The zero-order chi connectivity index (χ0) is 19.1. The highest BCUT2D eigenvalue weighted by atomic mass is 32.1. The monoisotopic (exact) mass is 377 g/mol. The molecule has 2 aromatic rings. The van der Waals surface area contributed by atoms with E-state index < -0.39 is 0 Å². The van der Waals surface area contributed by atoms with Gasteiger partial charge >= 0.3 is 0 Å². The van der Waals surface area contributed by atoms with Crippen LogP contribution in [-0.2, 0) is 6.42 Å². The van der Waals surface area contributed by atoms with Gasteiger partial charge in [-0.1, -0.05) is 25.4 Å². The average Bonchev–Trinajstić information content (AvgIpc) is 3.18. The first kappa shape index (κ1) is 20.3. The van der Waals surface area contributed by atoms with Crippen molar-refractivity contribution in [2.24, 2.45) is 0 Å². The van der Waals surface area contributed by atoms with Crippen LogP contribution in [0.4, 0.5) is 0 Å². The summed E-state index contributed by atoms with van der Waals surface area (Å²) in [5.41, 5.74) is 2.64. The fraction of sp³-hybridized carbons (Fsp3) is 0.526. The Balaban J connectivity index is 2.15. The molecule has 2 heterocycles. The Labute approximate surface area is 158 Å². The molecule has 0 bridgehead atoms. The molecule has 0 aliphatic carbocycles. The van der Waals surface area contributed by atoms with E-state index in [0.717, 1.165) is 41.3 Å². The van der Waals surface area contributed by atoms with Gasteiger partial charge in [0, 0.05) is 5.56 Å². The Kier molecular flexibility index (Phi) is 7.53. The van der Waals surface area contributed by atoms with E-state index in [1.165, 1.54) is 11.3 Å². The first-order valence-electron chi connectivity index (χ1n) is 9.02.